The van der Waals surface area contributed by atoms with E-state index in [2.05, 4.69) is 19.2 Å². The van der Waals surface area contributed by atoms with Gasteiger partial charge in [0.2, 0.25) is 5.91 Å². The van der Waals surface area contributed by atoms with E-state index < -0.39 is 124 Å². The van der Waals surface area contributed by atoms with Crippen LogP contribution in [-0.4, -0.2) is 193 Å². The van der Waals surface area contributed by atoms with E-state index in [-0.39, 0.29) is 18.9 Å². The third kappa shape index (κ3) is 37.8. The molecule has 3 fully saturated rings. The lowest BCUT2D eigenvalue weighted by Gasteiger charge is -2.48. The maximum atomic E-state index is 13.5. The molecule has 17 atom stereocenters. The first-order valence-corrected chi connectivity index (χ1v) is 38.9. The molecule has 3 saturated heterocycles. The number of hydrogen-bond donors (Lipinski definition) is 12. The SMILES string of the molecule is CCCCCCCCCCCCCCCCCCCCCCCCCCC/C=C/C(O)C(COC1OC(CO)C(OC2OC(CO)C(OC3OC(CO)C(O)C(O)C3O)C(O)C2O)C(O)C1O)NC(=O)CCCCCCCCCCCCCCCCCCCCCCCC. The van der Waals surface area contributed by atoms with Crippen molar-refractivity contribution in [3.05, 3.63) is 12.2 Å². The maximum absolute atomic E-state index is 13.5. The van der Waals surface area contributed by atoms with E-state index in [4.69, 9.17) is 28.4 Å². The lowest BCUT2D eigenvalue weighted by Crippen LogP contribution is -2.66. The predicted octanol–water partition coefficient (Wildman–Crippen LogP) is 12.0. The number of ether oxygens (including phenoxy) is 6. The molecule has 1 amide bonds. The highest BCUT2D eigenvalue weighted by atomic mass is 16.8. The molecule has 0 bridgehead atoms. The predicted molar refractivity (Wildman–Crippen MR) is 370 cm³/mol. The van der Waals surface area contributed by atoms with Gasteiger partial charge >= 0.3 is 0 Å². The molecule has 0 spiro atoms. The Kier molecular flexibility index (Phi) is 52.8. The van der Waals surface area contributed by atoms with Gasteiger partial charge in [-0.3, -0.25) is 4.79 Å². The van der Waals surface area contributed by atoms with E-state index in [1.165, 1.54) is 257 Å². The number of carbonyl (C=O) groups is 1. The highest BCUT2D eigenvalue weighted by Gasteiger charge is 2.53. The van der Waals surface area contributed by atoms with Crippen molar-refractivity contribution in [2.24, 2.45) is 0 Å². The van der Waals surface area contributed by atoms with Crippen LogP contribution in [0.4, 0.5) is 0 Å². The van der Waals surface area contributed by atoms with Gasteiger partial charge in [-0.05, 0) is 19.3 Å². The third-order valence-electron chi connectivity index (χ3n) is 19.8. The van der Waals surface area contributed by atoms with Crippen LogP contribution in [0.15, 0.2) is 12.2 Å². The van der Waals surface area contributed by atoms with Gasteiger partial charge in [-0.2, -0.15) is 0 Å². The summed E-state index contributed by atoms with van der Waals surface area (Å²) in [4.78, 5) is 13.5. The summed E-state index contributed by atoms with van der Waals surface area (Å²) in [5.41, 5.74) is 0. The fourth-order valence-corrected chi connectivity index (χ4v) is 13.5. The van der Waals surface area contributed by atoms with Crippen molar-refractivity contribution >= 4 is 5.91 Å². The second-order valence-corrected chi connectivity index (χ2v) is 28.2. The average Bonchev–Trinajstić information content (AvgIpc) is 0.787. The Morgan fingerprint density at radius 1 is 0.372 bits per heavy atom. The molecular weight excluding hydrogens is 1200 g/mol. The molecule has 0 aliphatic carbocycles. The van der Waals surface area contributed by atoms with Crippen LogP contribution in [0.2, 0.25) is 0 Å². The van der Waals surface area contributed by atoms with Crippen molar-refractivity contribution in [2.75, 3.05) is 26.4 Å². The van der Waals surface area contributed by atoms with Gasteiger partial charge in [0.1, 0.15) is 73.2 Å². The zero-order chi connectivity index (χ0) is 68.2. The van der Waals surface area contributed by atoms with Crippen LogP contribution in [0.1, 0.15) is 328 Å². The van der Waals surface area contributed by atoms with Crippen molar-refractivity contribution in [2.45, 2.75) is 433 Å². The minimum Gasteiger partial charge on any atom is -0.394 e. The molecule has 94 heavy (non-hydrogen) atoms. The van der Waals surface area contributed by atoms with Gasteiger partial charge in [0.15, 0.2) is 18.9 Å². The van der Waals surface area contributed by atoms with Crippen molar-refractivity contribution in [1.29, 1.82) is 0 Å². The van der Waals surface area contributed by atoms with E-state index in [1.54, 1.807) is 6.08 Å². The summed E-state index contributed by atoms with van der Waals surface area (Å²) in [5.74, 6) is -0.267. The van der Waals surface area contributed by atoms with Crippen LogP contribution < -0.4 is 5.32 Å². The van der Waals surface area contributed by atoms with Crippen LogP contribution >= 0.6 is 0 Å². The second kappa shape index (κ2) is 57.2. The Hall–Kier alpha value is -1.47. The van der Waals surface area contributed by atoms with E-state index in [0.717, 1.165) is 44.9 Å². The Labute approximate surface area is 569 Å². The van der Waals surface area contributed by atoms with Crippen LogP contribution in [0.25, 0.3) is 0 Å². The van der Waals surface area contributed by atoms with Crippen molar-refractivity contribution in [1.82, 2.24) is 5.32 Å². The Morgan fingerprint density at radius 2 is 0.660 bits per heavy atom. The number of nitrogens with one attached hydrogen (secondary N) is 1. The molecule has 556 valence electrons. The van der Waals surface area contributed by atoms with Gasteiger partial charge in [-0.1, -0.05) is 315 Å². The van der Waals surface area contributed by atoms with Gasteiger partial charge in [0.25, 0.3) is 0 Å². The molecule has 17 unspecified atom stereocenters. The summed E-state index contributed by atoms with van der Waals surface area (Å²) in [6, 6.07) is -0.970. The molecule has 19 nitrogen and oxygen atoms in total. The molecule has 12 N–H and O–H groups in total. The summed E-state index contributed by atoms with van der Waals surface area (Å²) < 4.78 is 34.4. The summed E-state index contributed by atoms with van der Waals surface area (Å²) in [6.07, 6.45) is 39.1. The highest BCUT2D eigenvalue weighted by Crippen LogP contribution is 2.33. The summed E-state index contributed by atoms with van der Waals surface area (Å²) >= 11 is 0. The fraction of sp³-hybridized carbons (Fsp3) is 0.960. The Balaban J connectivity index is 1.40. The molecule has 3 rings (SSSR count). The summed E-state index contributed by atoms with van der Waals surface area (Å²) in [6.45, 7) is 1.80. The number of aliphatic hydroxyl groups excluding tert-OH is 11. The van der Waals surface area contributed by atoms with Gasteiger partial charge < -0.3 is 89.9 Å². The van der Waals surface area contributed by atoms with E-state index in [9.17, 15) is 61.0 Å². The van der Waals surface area contributed by atoms with Crippen molar-refractivity contribution in [3.8, 4) is 0 Å². The minimum absolute atomic E-state index is 0.250. The largest absolute Gasteiger partial charge is 0.394 e. The number of unbranched alkanes of at least 4 members (excludes halogenated alkanes) is 46. The monoisotopic (exact) mass is 1350 g/mol. The fourth-order valence-electron chi connectivity index (χ4n) is 13.5. The summed E-state index contributed by atoms with van der Waals surface area (Å²) in [5, 5.41) is 121. The third-order valence-corrected chi connectivity index (χ3v) is 19.8. The van der Waals surface area contributed by atoms with Crippen LogP contribution in [0.3, 0.4) is 0 Å². The maximum Gasteiger partial charge on any atom is 0.220 e. The first-order chi connectivity index (χ1) is 45.8. The average molecular weight is 1350 g/mol. The zero-order valence-corrected chi connectivity index (χ0v) is 59.2. The molecule has 3 aliphatic heterocycles. The highest BCUT2D eigenvalue weighted by molar-refractivity contribution is 5.76. The molecule has 0 aromatic carbocycles. The smallest absolute Gasteiger partial charge is 0.220 e. The molecular formula is C75H143NO18. The van der Waals surface area contributed by atoms with Gasteiger partial charge in [0, 0.05) is 6.42 Å². The lowest BCUT2D eigenvalue weighted by molar-refractivity contribution is -0.379. The minimum atomic E-state index is -1.98. The number of aliphatic hydroxyl groups is 11. The molecule has 3 heterocycles. The zero-order valence-electron chi connectivity index (χ0n) is 59.2. The molecule has 0 radical (unpaired) electrons. The first kappa shape index (κ1) is 86.8. The quantitative estimate of drug-likeness (QED) is 0.0199. The normalized spacial score (nSPS) is 27.4. The first-order valence-electron chi connectivity index (χ1n) is 38.9. The molecule has 0 saturated carbocycles. The van der Waals surface area contributed by atoms with E-state index in [0.29, 0.717) is 6.42 Å². The number of amides is 1. The van der Waals surface area contributed by atoms with Crippen molar-refractivity contribution < 1.29 is 89.4 Å². The Bertz CT molecular complexity index is 1750. The van der Waals surface area contributed by atoms with E-state index >= 15 is 0 Å². The molecule has 0 aromatic rings. The number of hydrogen-bond acceptors (Lipinski definition) is 18. The summed E-state index contributed by atoms with van der Waals surface area (Å²) in [7, 11) is 0. The molecule has 19 heteroatoms. The number of rotatable bonds is 62. The van der Waals surface area contributed by atoms with Crippen LogP contribution in [0.5, 0.6) is 0 Å². The topological polar surface area (TPSA) is 307 Å². The van der Waals surface area contributed by atoms with E-state index in [1.807, 2.05) is 6.08 Å². The lowest BCUT2D eigenvalue weighted by atomic mass is 9.96. The standard InChI is InChI=1S/C75H143NO18/c1-3-5-7-9-11-13-15-17-19-21-23-25-27-28-29-30-31-32-34-36-38-40-42-44-46-48-50-52-59(80)58(76-63(81)53-51-49-47-45-43-41-39-37-35-33-26-24-22-20-18-16-14-12-10-8-6-4-2)57-89-73-69(87)66(84)71(61(55-78)91-73)94-75-70(88)67(85)72(62(56-79)92-75)93-74-68(86)65(83)64(82)60(54-77)90-74/h50,52,58-62,64-75,77-80,82-88H,3-49,51,53-57H2,1-2H3,(H,76,81)/b52-50+. The molecule has 0 aromatic heterocycles. The number of allylic oxidation sites excluding steroid dienone is 1. The van der Waals surface area contributed by atoms with Crippen LogP contribution in [-0.2, 0) is 33.2 Å². The van der Waals surface area contributed by atoms with Gasteiger partial charge in [-0.25, -0.2) is 0 Å². The van der Waals surface area contributed by atoms with Crippen LogP contribution in [0, 0.1) is 0 Å². The van der Waals surface area contributed by atoms with Gasteiger partial charge in [0.05, 0.1) is 38.6 Å². The van der Waals surface area contributed by atoms with Crippen molar-refractivity contribution in [3.63, 3.8) is 0 Å². The molecule has 3 aliphatic rings. The number of carbonyl (C=O) groups excluding carboxylic acids is 1. The second-order valence-electron chi connectivity index (χ2n) is 28.2. The van der Waals surface area contributed by atoms with Gasteiger partial charge in [-0.15, -0.1) is 0 Å². The Morgan fingerprint density at radius 3 is 1.00 bits per heavy atom.